The van der Waals surface area contributed by atoms with Crippen LogP contribution in [0.5, 0.6) is 0 Å². The first kappa shape index (κ1) is 8.16. The van der Waals surface area contributed by atoms with E-state index >= 15 is 0 Å². The Balaban J connectivity index is 3.64. The first-order valence-corrected chi connectivity index (χ1v) is 3.41. The molecule has 0 aromatic heterocycles. The third-order valence-electron chi connectivity index (χ3n) is 0.695. The van der Waals surface area contributed by atoms with Crippen molar-refractivity contribution in [1.29, 1.82) is 0 Å². The molecular weight excluding hydrogens is 221 g/mol. The van der Waals surface area contributed by atoms with E-state index in [-0.39, 0.29) is 0 Å². The quantitative estimate of drug-likeness (QED) is 0.502. The molecule has 0 aromatic carbocycles. The number of carbonyl (C=O) groups excluding carboxylic acids is 1. The number of aliphatic hydroxyl groups excluding tert-OH is 1. The molecule has 3 nitrogen and oxygen atoms in total. The molecule has 3 N–H and O–H groups in total. The number of halogens is 1. The minimum atomic E-state index is -0.645. The summed E-state index contributed by atoms with van der Waals surface area (Å²) in [6.45, 7) is 1.53. The van der Waals surface area contributed by atoms with Gasteiger partial charge in [0.1, 0.15) is 3.92 Å². The van der Waals surface area contributed by atoms with Gasteiger partial charge in [-0.3, -0.25) is 4.79 Å². The molecule has 2 unspecified atom stereocenters. The fourth-order valence-corrected chi connectivity index (χ4v) is 0.238. The molecule has 2 atom stereocenters. The molecule has 0 heterocycles. The van der Waals surface area contributed by atoms with Crippen molar-refractivity contribution in [3.63, 3.8) is 0 Å². The lowest BCUT2D eigenvalue weighted by Gasteiger charge is -2.06. The summed E-state index contributed by atoms with van der Waals surface area (Å²) in [5.74, 6) is -0.472. The van der Waals surface area contributed by atoms with Crippen molar-refractivity contribution in [2.45, 2.75) is 17.0 Å². The van der Waals surface area contributed by atoms with Crippen LogP contribution in [0.15, 0.2) is 0 Å². The van der Waals surface area contributed by atoms with E-state index in [0.29, 0.717) is 0 Å². The van der Waals surface area contributed by atoms with Gasteiger partial charge < -0.3 is 10.8 Å². The fourth-order valence-electron chi connectivity index (χ4n) is 0.238. The lowest BCUT2D eigenvalue weighted by atomic mass is 10.3. The Bertz CT molecular complexity index is 94.0. The van der Waals surface area contributed by atoms with E-state index in [1.807, 2.05) is 0 Å². The van der Waals surface area contributed by atoms with Crippen molar-refractivity contribution in [1.82, 2.24) is 0 Å². The number of primary amides is 1. The summed E-state index contributed by atoms with van der Waals surface area (Å²) >= 11 is 1.80. The number of aliphatic hydroxyl groups is 1. The molecule has 0 saturated heterocycles. The summed E-state index contributed by atoms with van der Waals surface area (Å²) in [5, 5.41) is 8.68. The smallest absolute Gasteiger partial charge is 0.233 e. The average Bonchev–Trinajstić information content (AvgIpc) is 1.64. The zero-order valence-electron chi connectivity index (χ0n) is 4.47. The molecule has 0 aliphatic carbocycles. The van der Waals surface area contributed by atoms with Crippen LogP contribution < -0.4 is 5.73 Å². The van der Waals surface area contributed by atoms with Gasteiger partial charge in [-0.2, -0.15) is 0 Å². The summed E-state index contributed by atoms with van der Waals surface area (Å²) in [4.78, 5) is 10.2. The Morgan fingerprint density at radius 1 is 1.88 bits per heavy atom. The Hall–Kier alpha value is 0.160. The molecule has 8 heavy (non-hydrogen) atoms. The zero-order chi connectivity index (χ0) is 6.73. The highest BCUT2D eigenvalue weighted by Gasteiger charge is 2.15. The maximum atomic E-state index is 10.2. The van der Waals surface area contributed by atoms with Crippen LogP contribution in [0.25, 0.3) is 0 Å². The Kier molecular flexibility index (Phi) is 3.30. The highest BCUT2D eigenvalue weighted by atomic mass is 127. The molecule has 0 aliphatic rings. The van der Waals surface area contributed by atoms with E-state index in [2.05, 4.69) is 0 Å². The zero-order valence-corrected chi connectivity index (χ0v) is 6.62. The lowest BCUT2D eigenvalue weighted by molar-refractivity contribution is -0.118. The van der Waals surface area contributed by atoms with Gasteiger partial charge in [-0.25, -0.2) is 0 Å². The molecule has 0 rings (SSSR count). The van der Waals surface area contributed by atoms with Crippen LogP contribution in [0.2, 0.25) is 0 Å². The third-order valence-corrected chi connectivity index (χ3v) is 2.35. The van der Waals surface area contributed by atoms with Gasteiger partial charge in [0.25, 0.3) is 0 Å². The molecule has 0 saturated carbocycles. The van der Waals surface area contributed by atoms with E-state index in [9.17, 15) is 4.79 Å². The summed E-state index contributed by atoms with van der Waals surface area (Å²) in [6.07, 6.45) is -0.645. The third kappa shape index (κ3) is 2.46. The van der Waals surface area contributed by atoms with Crippen molar-refractivity contribution in [2.24, 2.45) is 5.73 Å². The predicted molar refractivity (Wildman–Crippen MR) is 38.7 cm³/mol. The maximum absolute atomic E-state index is 10.2. The van der Waals surface area contributed by atoms with E-state index in [1.165, 1.54) is 6.92 Å². The topological polar surface area (TPSA) is 63.3 Å². The van der Waals surface area contributed by atoms with Gasteiger partial charge in [0.15, 0.2) is 0 Å². The van der Waals surface area contributed by atoms with Crippen molar-refractivity contribution >= 4 is 28.5 Å². The number of rotatable bonds is 2. The predicted octanol–water partition coefficient (Wildman–Crippen LogP) is -0.344. The molecular formula is C4H8INO2. The Labute approximate surface area is 61.4 Å². The number of amides is 1. The summed E-state index contributed by atoms with van der Waals surface area (Å²) < 4.78 is -0.465. The van der Waals surface area contributed by atoms with Crippen LogP contribution in [0, 0.1) is 0 Å². The van der Waals surface area contributed by atoms with Gasteiger partial charge in [0.05, 0.1) is 6.10 Å². The van der Waals surface area contributed by atoms with E-state index in [0.717, 1.165) is 0 Å². The molecule has 0 fully saturated rings. The van der Waals surface area contributed by atoms with Crippen LogP contribution in [-0.4, -0.2) is 21.0 Å². The molecule has 0 bridgehead atoms. The Morgan fingerprint density at radius 3 is 2.25 bits per heavy atom. The molecule has 0 aliphatic heterocycles. The summed E-state index contributed by atoms with van der Waals surface area (Å²) in [7, 11) is 0. The number of hydrogen-bond acceptors (Lipinski definition) is 2. The van der Waals surface area contributed by atoms with Gasteiger partial charge >= 0.3 is 0 Å². The van der Waals surface area contributed by atoms with Gasteiger partial charge in [-0.05, 0) is 6.92 Å². The molecule has 48 valence electrons. The molecule has 1 amide bonds. The minimum absolute atomic E-state index is 0.465. The SMILES string of the molecule is CC(O)C(I)C(N)=O. The van der Waals surface area contributed by atoms with Gasteiger partial charge in [0.2, 0.25) is 5.91 Å². The van der Waals surface area contributed by atoms with E-state index in [4.69, 9.17) is 10.8 Å². The number of hydrogen-bond donors (Lipinski definition) is 2. The summed E-state index contributed by atoms with van der Waals surface area (Å²) in [5.41, 5.74) is 4.83. The Morgan fingerprint density at radius 2 is 2.25 bits per heavy atom. The molecule has 4 heteroatoms. The van der Waals surface area contributed by atoms with Crippen molar-refractivity contribution in [3.05, 3.63) is 0 Å². The van der Waals surface area contributed by atoms with Gasteiger partial charge in [-0.15, -0.1) is 0 Å². The number of alkyl halides is 1. The first-order valence-electron chi connectivity index (χ1n) is 2.17. The van der Waals surface area contributed by atoms with E-state index in [1.54, 1.807) is 22.6 Å². The lowest BCUT2D eigenvalue weighted by Crippen LogP contribution is -2.31. The maximum Gasteiger partial charge on any atom is 0.233 e. The highest BCUT2D eigenvalue weighted by Crippen LogP contribution is 2.03. The van der Waals surface area contributed by atoms with Crippen molar-refractivity contribution in [2.75, 3.05) is 0 Å². The van der Waals surface area contributed by atoms with Crippen LogP contribution in [0.1, 0.15) is 6.92 Å². The molecule has 0 spiro atoms. The minimum Gasteiger partial charge on any atom is -0.392 e. The molecule has 0 aromatic rings. The van der Waals surface area contributed by atoms with Crippen molar-refractivity contribution < 1.29 is 9.90 Å². The second-order valence-corrected chi connectivity index (χ2v) is 2.89. The monoisotopic (exact) mass is 229 g/mol. The van der Waals surface area contributed by atoms with Crippen LogP contribution in [0.3, 0.4) is 0 Å². The number of carbonyl (C=O) groups is 1. The van der Waals surface area contributed by atoms with Gasteiger partial charge in [0, 0.05) is 0 Å². The van der Waals surface area contributed by atoms with E-state index < -0.39 is 15.9 Å². The van der Waals surface area contributed by atoms with Gasteiger partial charge in [-0.1, -0.05) is 22.6 Å². The summed E-state index contributed by atoms with van der Waals surface area (Å²) in [6, 6.07) is 0. The standard InChI is InChI=1S/C4H8INO2/c1-2(7)3(5)4(6)8/h2-3,7H,1H3,(H2,6,8). The first-order chi connectivity index (χ1) is 3.55. The molecule has 0 radical (unpaired) electrons. The average molecular weight is 229 g/mol. The van der Waals surface area contributed by atoms with Crippen LogP contribution in [-0.2, 0) is 4.79 Å². The fraction of sp³-hybridized carbons (Fsp3) is 0.750. The highest BCUT2D eigenvalue weighted by molar-refractivity contribution is 14.1. The van der Waals surface area contributed by atoms with Crippen LogP contribution in [0.4, 0.5) is 0 Å². The largest absolute Gasteiger partial charge is 0.392 e. The van der Waals surface area contributed by atoms with Crippen LogP contribution >= 0.6 is 22.6 Å². The number of nitrogens with two attached hydrogens (primary N) is 1. The second kappa shape index (κ2) is 3.24. The van der Waals surface area contributed by atoms with Crippen molar-refractivity contribution in [3.8, 4) is 0 Å². The normalized spacial score (nSPS) is 17.4. The second-order valence-electron chi connectivity index (χ2n) is 1.54.